The van der Waals surface area contributed by atoms with E-state index in [-0.39, 0.29) is 11.8 Å². The van der Waals surface area contributed by atoms with Crippen LogP contribution < -0.4 is 0 Å². The second-order valence-corrected chi connectivity index (χ2v) is 4.96. The highest BCUT2D eigenvalue weighted by molar-refractivity contribution is 5.89. The highest BCUT2D eigenvalue weighted by Gasteiger charge is 2.49. The molecule has 1 fully saturated rings. The van der Waals surface area contributed by atoms with Gasteiger partial charge in [0, 0.05) is 20.2 Å². The Hall–Kier alpha value is -1.10. The third-order valence-electron chi connectivity index (χ3n) is 2.89. The van der Waals surface area contributed by atoms with Crippen molar-refractivity contribution in [3.05, 3.63) is 0 Å². The Balaban J connectivity index is 2.51. The van der Waals surface area contributed by atoms with Crippen molar-refractivity contribution in [2.75, 3.05) is 26.8 Å². The molecular weight excluding hydrogens is 222 g/mol. The lowest BCUT2D eigenvalue weighted by molar-refractivity contribution is -0.142. The number of hydrogen-bond donors (Lipinski definition) is 1. The summed E-state index contributed by atoms with van der Waals surface area (Å²) in [6.07, 6.45) is 0.482. The second-order valence-electron chi connectivity index (χ2n) is 4.96. The van der Waals surface area contributed by atoms with Crippen molar-refractivity contribution in [1.29, 1.82) is 0 Å². The SMILES string of the molecule is COCCN(CC(C)C)C(=O)C1CC1C(=O)O. The maximum Gasteiger partial charge on any atom is 0.307 e. The zero-order valence-corrected chi connectivity index (χ0v) is 10.7. The van der Waals surface area contributed by atoms with E-state index >= 15 is 0 Å². The summed E-state index contributed by atoms with van der Waals surface area (Å²) in [6.45, 7) is 5.76. The highest BCUT2D eigenvalue weighted by atomic mass is 16.5. The van der Waals surface area contributed by atoms with Crippen LogP contribution in [0.3, 0.4) is 0 Å². The van der Waals surface area contributed by atoms with Crippen LogP contribution in [0, 0.1) is 17.8 Å². The Labute approximate surface area is 102 Å². The maximum atomic E-state index is 12.1. The minimum atomic E-state index is -0.861. The molecule has 1 aliphatic rings. The molecule has 2 unspecified atom stereocenters. The molecule has 0 spiro atoms. The van der Waals surface area contributed by atoms with Crippen molar-refractivity contribution in [2.45, 2.75) is 20.3 Å². The molecule has 0 aromatic rings. The van der Waals surface area contributed by atoms with E-state index in [2.05, 4.69) is 0 Å². The summed E-state index contributed by atoms with van der Waals surface area (Å²) < 4.78 is 4.97. The van der Waals surface area contributed by atoms with E-state index in [4.69, 9.17) is 9.84 Å². The predicted octanol–water partition coefficient (Wildman–Crippen LogP) is 0.838. The fourth-order valence-corrected chi connectivity index (χ4v) is 1.91. The number of methoxy groups -OCH3 is 1. The Morgan fingerprint density at radius 1 is 1.41 bits per heavy atom. The molecule has 1 rings (SSSR count). The first-order chi connectivity index (χ1) is 7.97. The van der Waals surface area contributed by atoms with Crippen molar-refractivity contribution in [3.8, 4) is 0 Å². The van der Waals surface area contributed by atoms with Gasteiger partial charge in [-0.2, -0.15) is 0 Å². The van der Waals surface area contributed by atoms with Gasteiger partial charge in [0.2, 0.25) is 5.91 Å². The quantitative estimate of drug-likeness (QED) is 0.719. The monoisotopic (exact) mass is 243 g/mol. The van der Waals surface area contributed by atoms with Gasteiger partial charge in [0.15, 0.2) is 0 Å². The number of rotatable bonds is 7. The van der Waals surface area contributed by atoms with Gasteiger partial charge >= 0.3 is 5.97 Å². The first-order valence-electron chi connectivity index (χ1n) is 5.97. The second kappa shape index (κ2) is 6.00. The van der Waals surface area contributed by atoms with Gasteiger partial charge in [0.05, 0.1) is 18.4 Å². The van der Waals surface area contributed by atoms with Gasteiger partial charge in [-0.25, -0.2) is 0 Å². The van der Waals surface area contributed by atoms with Crippen LogP contribution in [-0.2, 0) is 14.3 Å². The van der Waals surface area contributed by atoms with Crippen molar-refractivity contribution >= 4 is 11.9 Å². The fourth-order valence-electron chi connectivity index (χ4n) is 1.91. The van der Waals surface area contributed by atoms with Crippen LogP contribution in [-0.4, -0.2) is 48.7 Å². The van der Waals surface area contributed by atoms with Crippen LogP contribution in [0.1, 0.15) is 20.3 Å². The van der Waals surface area contributed by atoms with E-state index in [1.807, 2.05) is 13.8 Å². The Bertz CT molecular complexity index is 290. The lowest BCUT2D eigenvalue weighted by Crippen LogP contribution is -2.38. The molecule has 17 heavy (non-hydrogen) atoms. The van der Waals surface area contributed by atoms with Crippen LogP contribution >= 0.6 is 0 Å². The van der Waals surface area contributed by atoms with E-state index in [1.165, 1.54) is 0 Å². The number of carboxylic acids is 1. The number of ether oxygens (including phenoxy) is 1. The number of carboxylic acid groups (broad SMARTS) is 1. The summed E-state index contributed by atoms with van der Waals surface area (Å²) in [5, 5.41) is 8.82. The molecule has 5 heteroatoms. The molecular formula is C12H21NO4. The van der Waals surface area contributed by atoms with E-state index in [1.54, 1.807) is 12.0 Å². The maximum absolute atomic E-state index is 12.1. The van der Waals surface area contributed by atoms with Crippen molar-refractivity contribution < 1.29 is 19.4 Å². The minimum Gasteiger partial charge on any atom is -0.481 e. The lowest BCUT2D eigenvalue weighted by Gasteiger charge is -2.24. The molecule has 1 N–H and O–H groups in total. The standard InChI is InChI=1S/C12H21NO4/c1-8(2)7-13(4-5-17-3)11(14)9-6-10(9)12(15)16/h8-10H,4-7H2,1-3H3,(H,15,16). The molecule has 0 bridgehead atoms. The van der Waals surface area contributed by atoms with Gasteiger partial charge in [-0.05, 0) is 12.3 Å². The summed E-state index contributed by atoms with van der Waals surface area (Å²) in [7, 11) is 1.59. The van der Waals surface area contributed by atoms with E-state index in [0.29, 0.717) is 32.0 Å². The van der Waals surface area contributed by atoms with Crippen LogP contribution in [0.15, 0.2) is 0 Å². The van der Waals surface area contributed by atoms with E-state index < -0.39 is 11.9 Å². The lowest BCUT2D eigenvalue weighted by atomic mass is 10.2. The number of aliphatic carboxylic acids is 1. The molecule has 0 heterocycles. The molecule has 0 saturated heterocycles. The molecule has 0 radical (unpaired) electrons. The number of hydrogen-bond acceptors (Lipinski definition) is 3. The molecule has 0 aliphatic heterocycles. The van der Waals surface area contributed by atoms with Gasteiger partial charge < -0.3 is 14.7 Å². The first-order valence-corrected chi connectivity index (χ1v) is 5.97. The van der Waals surface area contributed by atoms with Gasteiger partial charge in [0.25, 0.3) is 0 Å². The van der Waals surface area contributed by atoms with Gasteiger partial charge in [0.1, 0.15) is 0 Å². The average molecular weight is 243 g/mol. The smallest absolute Gasteiger partial charge is 0.307 e. The topological polar surface area (TPSA) is 66.8 Å². The largest absolute Gasteiger partial charge is 0.481 e. The van der Waals surface area contributed by atoms with Crippen LogP contribution in [0.5, 0.6) is 0 Å². The Kier molecular flexibility index (Phi) is 4.93. The van der Waals surface area contributed by atoms with Crippen LogP contribution in [0.2, 0.25) is 0 Å². The molecule has 1 saturated carbocycles. The third-order valence-corrected chi connectivity index (χ3v) is 2.89. The molecule has 0 aromatic heterocycles. The van der Waals surface area contributed by atoms with E-state index in [9.17, 15) is 9.59 Å². The number of carbonyl (C=O) groups is 2. The van der Waals surface area contributed by atoms with Crippen LogP contribution in [0.4, 0.5) is 0 Å². The van der Waals surface area contributed by atoms with Gasteiger partial charge in [-0.15, -0.1) is 0 Å². The predicted molar refractivity (Wildman–Crippen MR) is 62.5 cm³/mol. The zero-order valence-electron chi connectivity index (χ0n) is 10.7. The normalized spacial score (nSPS) is 22.6. The summed E-state index contributed by atoms with van der Waals surface area (Å²) >= 11 is 0. The average Bonchev–Trinajstić information content (AvgIpc) is 3.02. The van der Waals surface area contributed by atoms with Crippen molar-refractivity contribution in [3.63, 3.8) is 0 Å². The first kappa shape index (κ1) is 14.0. The molecule has 98 valence electrons. The fraction of sp³-hybridized carbons (Fsp3) is 0.833. The molecule has 1 aliphatic carbocycles. The minimum absolute atomic E-state index is 0.0387. The summed E-state index contributed by atoms with van der Waals surface area (Å²) in [5.74, 6) is -1.32. The Morgan fingerprint density at radius 2 is 2.06 bits per heavy atom. The molecule has 5 nitrogen and oxygen atoms in total. The number of amides is 1. The highest BCUT2D eigenvalue weighted by Crippen LogP contribution is 2.40. The molecule has 2 atom stereocenters. The Morgan fingerprint density at radius 3 is 2.47 bits per heavy atom. The third kappa shape index (κ3) is 4.00. The van der Waals surface area contributed by atoms with Gasteiger partial charge in [-0.1, -0.05) is 13.8 Å². The van der Waals surface area contributed by atoms with Gasteiger partial charge in [-0.3, -0.25) is 9.59 Å². The van der Waals surface area contributed by atoms with E-state index in [0.717, 1.165) is 0 Å². The summed E-state index contributed by atoms with van der Waals surface area (Å²) in [4.78, 5) is 24.5. The van der Waals surface area contributed by atoms with Crippen LogP contribution in [0.25, 0.3) is 0 Å². The summed E-state index contributed by atoms with van der Waals surface area (Å²) in [6, 6.07) is 0. The molecule has 0 aromatic carbocycles. The molecule has 1 amide bonds. The summed E-state index contributed by atoms with van der Waals surface area (Å²) in [5.41, 5.74) is 0. The van der Waals surface area contributed by atoms with Crippen molar-refractivity contribution in [1.82, 2.24) is 4.90 Å². The zero-order chi connectivity index (χ0) is 13.0. The number of carbonyl (C=O) groups excluding carboxylic acids is 1. The number of nitrogens with zero attached hydrogens (tertiary/aromatic N) is 1. The van der Waals surface area contributed by atoms with Crippen molar-refractivity contribution in [2.24, 2.45) is 17.8 Å².